The van der Waals surface area contributed by atoms with Gasteiger partial charge in [-0.2, -0.15) is 0 Å². The van der Waals surface area contributed by atoms with Crippen molar-refractivity contribution < 1.29 is 19.0 Å². The fraction of sp³-hybridized carbons (Fsp3) is 0.381. The van der Waals surface area contributed by atoms with Crippen molar-refractivity contribution in [1.82, 2.24) is 5.32 Å². The van der Waals surface area contributed by atoms with Crippen LogP contribution in [0.3, 0.4) is 0 Å². The van der Waals surface area contributed by atoms with Gasteiger partial charge in [-0.3, -0.25) is 4.79 Å². The van der Waals surface area contributed by atoms with E-state index >= 15 is 0 Å². The Balaban J connectivity index is 1.79. The summed E-state index contributed by atoms with van der Waals surface area (Å²) in [5, 5.41) is 3.16. The first-order valence-electron chi connectivity index (χ1n) is 8.59. The number of hydrogen-bond donors (Lipinski definition) is 1. The molecule has 1 aliphatic rings. The molecule has 138 valence electrons. The molecule has 0 bridgehead atoms. The standard InChI is InChI=1S/C21H25NO4/c1-21(2)18(13-6-8-14(24-3)9-7-13)19(21)22-20(23)16-12-15(25-4)10-11-17(16)26-5/h6-12,18-19H,1-5H3,(H,22,23)/t18-,19?/m0/s1. The molecule has 0 spiro atoms. The first-order valence-corrected chi connectivity index (χ1v) is 8.59. The van der Waals surface area contributed by atoms with Crippen LogP contribution in [0.4, 0.5) is 0 Å². The van der Waals surface area contributed by atoms with Gasteiger partial charge in [0, 0.05) is 12.0 Å². The predicted octanol–water partition coefficient (Wildman–Crippen LogP) is 3.63. The Morgan fingerprint density at radius 2 is 1.54 bits per heavy atom. The van der Waals surface area contributed by atoms with Crippen LogP contribution in [0.5, 0.6) is 17.2 Å². The van der Waals surface area contributed by atoms with Crippen LogP contribution in [-0.4, -0.2) is 33.3 Å². The lowest BCUT2D eigenvalue weighted by Crippen LogP contribution is -2.29. The molecule has 1 aliphatic carbocycles. The molecule has 2 aromatic rings. The summed E-state index contributed by atoms with van der Waals surface area (Å²) in [6.45, 7) is 4.32. The fourth-order valence-electron chi connectivity index (χ4n) is 3.55. The zero-order valence-electron chi connectivity index (χ0n) is 15.8. The predicted molar refractivity (Wildman–Crippen MR) is 100 cm³/mol. The van der Waals surface area contributed by atoms with E-state index < -0.39 is 0 Å². The van der Waals surface area contributed by atoms with E-state index in [0.29, 0.717) is 17.1 Å². The lowest BCUT2D eigenvalue weighted by atomic mass is 10.0. The molecule has 5 heteroatoms. The van der Waals surface area contributed by atoms with Gasteiger partial charge in [0.15, 0.2) is 0 Å². The third kappa shape index (κ3) is 3.21. The van der Waals surface area contributed by atoms with Gasteiger partial charge < -0.3 is 19.5 Å². The Bertz CT molecular complexity index is 798. The molecule has 0 saturated heterocycles. The van der Waals surface area contributed by atoms with Gasteiger partial charge in [-0.05, 0) is 41.3 Å². The van der Waals surface area contributed by atoms with Gasteiger partial charge in [0.25, 0.3) is 5.91 Å². The summed E-state index contributed by atoms with van der Waals surface area (Å²) in [5.74, 6) is 2.08. The van der Waals surface area contributed by atoms with Crippen LogP contribution >= 0.6 is 0 Å². The van der Waals surface area contributed by atoms with E-state index in [1.165, 1.54) is 5.56 Å². The Morgan fingerprint density at radius 3 is 2.12 bits per heavy atom. The molecule has 0 radical (unpaired) electrons. The first-order chi connectivity index (χ1) is 12.4. The molecular weight excluding hydrogens is 330 g/mol. The molecule has 0 aromatic heterocycles. The smallest absolute Gasteiger partial charge is 0.255 e. The average molecular weight is 355 g/mol. The first kappa shape index (κ1) is 18.1. The normalized spacial score (nSPS) is 20.2. The summed E-state index contributed by atoms with van der Waals surface area (Å²) in [7, 11) is 4.79. The highest BCUT2D eigenvalue weighted by molar-refractivity contribution is 5.98. The molecule has 1 fully saturated rings. The second-order valence-corrected chi connectivity index (χ2v) is 7.09. The maximum absolute atomic E-state index is 12.8. The van der Waals surface area contributed by atoms with Crippen molar-refractivity contribution in [3.8, 4) is 17.2 Å². The number of amides is 1. The molecule has 2 atom stereocenters. The molecule has 0 heterocycles. The number of benzene rings is 2. The quantitative estimate of drug-likeness (QED) is 0.860. The van der Waals surface area contributed by atoms with Crippen LogP contribution in [0.2, 0.25) is 0 Å². The summed E-state index contributed by atoms with van der Waals surface area (Å²) in [5.41, 5.74) is 1.65. The fourth-order valence-corrected chi connectivity index (χ4v) is 3.55. The van der Waals surface area contributed by atoms with E-state index in [1.54, 1.807) is 39.5 Å². The second-order valence-electron chi connectivity index (χ2n) is 7.09. The third-order valence-corrected chi connectivity index (χ3v) is 5.24. The number of hydrogen-bond acceptors (Lipinski definition) is 4. The third-order valence-electron chi connectivity index (χ3n) is 5.24. The molecule has 2 aromatic carbocycles. The van der Waals surface area contributed by atoms with E-state index in [-0.39, 0.29) is 23.3 Å². The van der Waals surface area contributed by atoms with Crippen molar-refractivity contribution in [1.29, 1.82) is 0 Å². The van der Waals surface area contributed by atoms with Crippen molar-refractivity contribution in [3.05, 3.63) is 53.6 Å². The highest BCUT2D eigenvalue weighted by Crippen LogP contribution is 2.58. The Hall–Kier alpha value is -2.69. The van der Waals surface area contributed by atoms with Crippen LogP contribution < -0.4 is 19.5 Å². The maximum atomic E-state index is 12.8. The van der Waals surface area contributed by atoms with E-state index in [1.807, 2.05) is 12.1 Å². The van der Waals surface area contributed by atoms with Crippen LogP contribution in [0.15, 0.2) is 42.5 Å². The molecule has 1 unspecified atom stereocenters. The highest BCUT2D eigenvalue weighted by Gasteiger charge is 2.59. The monoisotopic (exact) mass is 355 g/mol. The number of carbonyl (C=O) groups excluding carboxylic acids is 1. The van der Waals surface area contributed by atoms with Gasteiger partial charge >= 0.3 is 0 Å². The Morgan fingerprint density at radius 1 is 0.923 bits per heavy atom. The number of nitrogens with one attached hydrogen (secondary N) is 1. The van der Waals surface area contributed by atoms with Crippen LogP contribution in [0, 0.1) is 5.41 Å². The molecule has 0 aliphatic heterocycles. The molecular formula is C21H25NO4. The van der Waals surface area contributed by atoms with E-state index in [9.17, 15) is 4.79 Å². The zero-order valence-corrected chi connectivity index (χ0v) is 15.8. The molecule has 1 N–H and O–H groups in total. The van der Waals surface area contributed by atoms with Crippen molar-refractivity contribution in [2.45, 2.75) is 25.8 Å². The number of carbonyl (C=O) groups is 1. The van der Waals surface area contributed by atoms with Gasteiger partial charge in [-0.25, -0.2) is 0 Å². The summed E-state index contributed by atoms with van der Waals surface area (Å²) in [6.07, 6.45) is 0. The van der Waals surface area contributed by atoms with Crippen LogP contribution in [0.25, 0.3) is 0 Å². The van der Waals surface area contributed by atoms with E-state index in [0.717, 1.165) is 5.75 Å². The SMILES string of the molecule is COc1ccc([C@H]2C(NC(=O)c3cc(OC)ccc3OC)C2(C)C)cc1. The number of methoxy groups -OCH3 is 3. The minimum atomic E-state index is -0.158. The lowest BCUT2D eigenvalue weighted by molar-refractivity contribution is 0.0942. The van der Waals surface area contributed by atoms with E-state index in [2.05, 4.69) is 31.3 Å². The largest absolute Gasteiger partial charge is 0.497 e. The lowest BCUT2D eigenvalue weighted by Gasteiger charge is -2.11. The van der Waals surface area contributed by atoms with Gasteiger partial charge in [0.1, 0.15) is 17.2 Å². The molecule has 5 nitrogen and oxygen atoms in total. The van der Waals surface area contributed by atoms with E-state index in [4.69, 9.17) is 14.2 Å². The molecule has 1 amide bonds. The summed E-state index contributed by atoms with van der Waals surface area (Å²) in [4.78, 5) is 12.8. The Labute approximate surface area is 154 Å². The van der Waals surface area contributed by atoms with Crippen molar-refractivity contribution in [3.63, 3.8) is 0 Å². The summed E-state index contributed by atoms with van der Waals surface area (Å²) < 4.78 is 15.8. The van der Waals surface area contributed by atoms with Gasteiger partial charge in [0.05, 0.1) is 26.9 Å². The highest BCUT2D eigenvalue weighted by atomic mass is 16.5. The minimum Gasteiger partial charge on any atom is -0.497 e. The topological polar surface area (TPSA) is 56.8 Å². The van der Waals surface area contributed by atoms with Gasteiger partial charge in [-0.15, -0.1) is 0 Å². The van der Waals surface area contributed by atoms with Gasteiger partial charge in [-0.1, -0.05) is 26.0 Å². The van der Waals surface area contributed by atoms with Crippen molar-refractivity contribution in [2.24, 2.45) is 5.41 Å². The van der Waals surface area contributed by atoms with Crippen LogP contribution in [-0.2, 0) is 0 Å². The van der Waals surface area contributed by atoms with Crippen molar-refractivity contribution in [2.75, 3.05) is 21.3 Å². The average Bonchev–Trinajstić information content (AvgIpc) is 3.20. The maximum Gasteiger partial charge on any atom is 0.255 e. The molecule has 3 rings (SSSR count). The Kier molecular flexibility index (Phi) is 4.81. The molecule has 26 heavy (non-hydrogen) atoms. The van der Waals surface area contributed by atoms with Gasteiger partial charge in [0.2, 0.25) is 0 Å². The van der Waals surface area contributed by atoms with Crippen LogP contribution in [0.1, 0.15) is 35.7 Å². The number of rotatable bonds is 6. The minimum absolute atomic E-state index is 0.0175. The summed E-state index contributed by atoms with van der Waals surface area (Å²) >= 11 is 0. The number of ether oxygens (including phenoxy) is 3. The zero-order chi connectivity index (χ0) is 18.9. The van der Waals surface area contributed by atoms with Crippen molar-refractivity contribution >= 4 is 5.91 Å². The molecule has 1 saturated carbocycles. The second kappa shape index (κ2) is 6.90. The summed E-state index contributed by atoms with van der Waals surface area (Å²) in [6, 6.07) is 13.3.